The summed E-state index contributed by atoms with van der Waals surface area (Å²) in [7, 11) is -9.37. The Kier molecular flexibility index (Phi) is 8.80. The molecular weight excluding hydrogens is 472 g/mol. The smallest absolute Gasteiger partial charge is 0.294 e. The Balaban J connectivity index is 2.59. The topological polar surface area (TPSA) is 158 Å². The van der Waals surface area contributed by atoms with E-state index < -0.39 is 42.0 Å². The van der Waals surface area contributed by atoms with E-state index in [2.05, 4.69) is 6.92 Å². The van der Waals surface area contributed by atoms with Crippen LogP contribution in [0.1, 0.15) is 35.1 Å². The molecule has 4 N–H and O–H groups in total. The van der Waals surface area contributed by atoms with Gasteiger partial charge >= 0.3 is 0 Å². The summed E-state index contributed by atoms with van der Waals surface area (Å²) >= 11 is 0. The van der Waals surface area contributed by atoms with Gasteiger partial charge in [0, 0.05) is 38.0 Å². The Morgan fingerprint density at radius 2 is 1.48 bits per heavy atom. The van der Waals surface area contributed by atoms with Crippen LogP contribution in [-0.2, 0) is 37.0 Å². The van der Waals surface area contributed by atoms with Gasteiger partial charge in [0.15, 0.2) is 0 Å². The van der Waals surface area contributed by atoms with Crippen molar-refractivity contribution in [3.05, 3.63) is 71.7 Å². The maximum Gasteiger partial charge on any atom is 0.294 e. The highest BCUT2D eigenvalue weighted by Crippen LogP contribution is 2.36. The van der Waals surface area contributed by atoms with Crippen molar-refractivity contribution in [1.29, 1.82) is 0 Å². The van der Waals surface area contributed by atoms with Crippen LogP contribution in [0.4, 0.5) is 0 Å². The first-order valence-electron chi connectivity index (χ1n) is 9.96. The summed E-state index contributed by atoms with van der Waals surface area (Å²) in [5.41, 5.74) is -0.834. The molecule has 0 aliphatic rings. The van der Waals surface area contributed by atoms with Crippen molar-refractivity contribution in [3.63, 3.8) is 0 Å². The molecule has 0 saturated heterocycles. The molecule has 9 nitrogen and oxygen atoms in total. The second-order valence-electron chi connectivity index (χ2n) is 7.95. The molecule has 0 bridgehead atoms. The number of hydrogen-bond acceptors (Lipinski definition) is 7. The average Bonchev–Trinajstić information content (AvgIpc) is 2.65. The summed E-state index contributed by atoms with van der Waals surface area (Å²) in [6, 6.07) is 8.14. The lowest BCUT2D eigenvalue weighted by Gasteiger charge is -2.31. The number of aryl methyl sites for hydroxylation is 2. The fourth-order valence-electron chi connectivity index (χ4n) is 3.50. The molecule has 2 rings (SSSR count). The van der Waals surface area contributed by atoms with Crippen LogP contribution in [0.25, 0.3) is 0 Å². The quantitative estimate of drug-likeness (QED) is 0.269. The van der Waals surface area contributed by atoms with Crippen molar-refractivity contribution in [3.8, 4) is 0 Å². The SMILES string of the molecule is [CH2][C](O)CCOCCC(O)(Cc1cc(C)ccc1S(=O)(=O)O)c1cc(C)ccc1S(=O)(=O)O. The zero-order valence-corrected chi connectivity index (χ0v) is 20.0. The zero-order chi connectivity index (χ0) is 25.0. The molecule has 0 spiro atoms. The zero-order valence-electron chi connectivity index (χ0n) is 18.4. The van der Waals surface area contributed by atoms with Gasteiger partial charge in [-0.1, -0.05) is 35.4 Å². The maximum absolute atomic E-state index is 12.0. The molecule has 0 fully saturated rings. The van der Waals surface area contributed by atoms with Crippen LogP contribution in [0, 0.1) is 26.9 Å². The minimum absolute atomic E-state index is 0.0616. The first-order valence-corrected chi connectivity index (χ1v) is 12.8. The van der Waals surface area contributed by atoms with E-state index in [1.807, 2.05) is 0 Å². The summed E-state index contributed by atoms with van der Waals surface area (Å²) in [5.74, 6) is 0. The third kappa shape index (κ3) is 7.57. The van der Waals surface area contributed by atoms with Crippen LogP contribution >= 0.6 is 0 Å². The van der Waals surface area contributed by atoms with Crippen molar-refractivity contribution >= 4 is 20.2 Å². The van der Waals surface area contributed by atoms with Crippen LogP contribution in [0.3, 0.4) is 0 Å². The first kappa shape index (κ1) is 27.4. The highest BCUT2D eigenvalue weighted by atomic mass is 32.2. The fourth-order valence-corrected chi connectivity index (χ4v) is 4.97. The lowest BCUT2D eigenvalue weighted by atomic mass is 9.83. The van der Waals surface area contributed by atoms with Gasteiger partial charge in [-0.2, -0.15) is 16.8 Å². The standard InChI is InChI=1S/C22H28O9S2/c1-15-4-6-20(32(25,26)27)18(12-15)14-22(24,9-11-31-10-8-17(3)23)19-13-16(2)5-7-21(19)33(28,29)30/h4-7,12-13,23-24H,3,8-11,14H2,1-2H3,(H,25,26,27)(H,28,29,30). The van der Waals surface area contributed by atoms with E-state index in [1.165, 1.54) is 30.3 Å². The molecule has 0 aliphatic heterocycles. The third-order valence-corrected chi connectivity index (χ3v) is 6.95. The number of aliphatic hydroxyl groups excluding tert-OH is 1. The molecule has 2 radical (unpaired) electrons. The first-order chi connectivity index (χ1) is 15.1. The van der Waals surface area contributed by atoms with Gasteiger partial charge in [-0.05, 0) is 38.5 Å². The van der Waals surface area contributed by atoms with E-state index in [4.69, 9.17) is 4.74 Å². The van der Waals surface area contributed by atoms with E-state index in [9.17, 15) is 36.2 Å². The van der Waals surface area contributed by atoms with Gasteiger partial charge in [-0.25, -0.2) is 0 Å². The number of rotatable bonds is 11. The Hall–Kier alpha value is -1.86. The van der Waals surface area contributed by atoms with Crippen molar-refractivity contribution < 1.29 is 40.9 Å². The third-order valence-electron chi connectivity index (χ3n) is 5.09. The molecule has 11 heteroatoms. The lowest BCUT2D eigenvalue weighted by molar-refractivity contribution is -0.00791. The summed E-state index contributed by atoms with van der Waals surface area (Å²) in [5, 5.41) is 20.9. The summed E-state index contributed by atoms with van der Waals surface area (Å²) in [4.78, 5) is -0.953. The largest absolute Gasteiger partial charge is 0.387 e. The second kappa shape index (κ2) is 10.6. The van der Waals surface area contributed by atoms with Crippen LogP contribution < -0.4 is 0 Å². The molecule has 0 aliphatic carbocycles. The van der Waals surface area contributed by atoms with Gasteiger partial charge < -0.3 is 14.9 Å². The van der Waals surface area contributed by atoms with Crippen LogP contribution in [-0.4, -0.2) is 49.4 Å². The van der Waals surface area contributed by atoms with Gasteiger partial charge in [0.05, 0.1) is 21.5 Å². The molecule has 33 heavy (non-hydrogen) atoms. The summed E-state index contributed by atoms with van der Waals surface area (Å²) < 4.78 is 72.7. The van der Waals surface area contributed by atoms with Gasteiger partial charge in [0.2, 0.25) is 0 Å². The Morgan fingerprint density at radius 3 is 2.03 bits per heavy atom. The second-order valence-corrected chi connectivity index (χ2v) is 10.7. The van der Waals surface area contributed by atoms with Crippen molar-refractivity contribution in [2.24, 2.45) is 0 Å². The Morgan fingerprint density at radius 1 is 0.939 bits per heavy atom. The molecule has 1 unspecified atom stereocenters. The predicted molar refractivity (Wildman–Crippen MR) is 120 cm³/mol. The molecule has 2 aromatic carbocycles. The highest BCUT2D eigenvalue weighted by molar-refractivity contribution is 7.86. The fraction of sp³-hybridized carbons (Fsp3) is 0.364. The number of aliphatic hydroxyl groups is 2. The monoisotopic (exact) mass is 500 g/mol. The molecular formula is C22H28O9S2. The highest BCUT2D eigenvalue weighted by Gasteiger charge is 2.36. The number of ether oxygens (including phenoxy) is 1. The van der Waals surface area contributed by atoms with E-state index in [0.717, 1.165) is 6.07 Å². The van der Waals surface area contributed by atoms with Crippen molar-refractivity contribution in [1.82, 2.24) is 0 Å². The maximum atomic E-state index is 12.0. The summed E-state index contributed by atoms with van der Waals surface area (Å²) in [6.45, 7) is 6.70. The minimum Gasteiger partial charge on any atom is -0.387 e. The van der Waals surface area contributed by atoms with Gasteiger partial charge in [0.1, 0.15) is 0 Å². The van der Waals surface area contributed by atoms with Gasteiger partial charge in [0.25, 0.3) is 20.2 Å². The van der Waals surface area contributed by atoms with E-state index in [-0.39, 0.29) is 43.3 Å². The molecule has 0 aromatic heterocycles. The van der Waals surface area contributed by atoms with Crippen molar-refractivity contribution in [2.45, 2.75) is 48.5 Å². The van der Waals surface area contributed by atoms with Crippen LogP contribution in [0.15, 0.2) is 46.2 Å². The molecule has 2 aromatic rings. The van der Waals surface area contributed by atoms with Gasteiger partial charge in [-0.3, -0.25) is 9.11 Å². The van der Waals surface area contributed by atoms with Crippen molar-refractivity contribution in [2.75, 3.05) is 13.2 Å². The van der Waals surface area contributed by atoms with Gasteiger partial charge in [-0.15, -0.1) is 0 Å². The molecule has 182 valence electrons. The Labute approximate surface area is 194 Å². The molecule has 0 saturated carbocycles. The van der Waals surface area contributed by atoms with E-state index in [1.54, 1.807) is 13.8 Å². The lowest BCUT2D eigenvalue weighted by Crippen LogP contribution is -2.33. The van der Waals surface area contributed by atoms with Crippen LogP contribution in [0.2, 0.25) is 0 Å². The molecule has 1 atom stereocenters. The average molecular weight is 501 g/mol. The van der Waals surface area contributed by atoms with E-state index in [0.29, 0.717) is 11.1 Å². The van der Waals surface area contributed by atoms with E-state index >= 15 is 0 Å². The predicted octanol–water partition coefficient (Wildman–Crippen LogP) is 2.76. The summed E-state index contributed by atoms with van der Waals surface area (Å²) in [6.07, 6.45) is -0.513. The Bertz CT molecular complexity index is 1190. The normalized spacial score (nSPS) is 14.4. The number of benzene rings is 2. The van der Waals surface area contributed by atoms with Crippen LogP contribution in [0.5, 0.6) is 0 Å². The number of hydrogen-bond donors (Lipinski definition) is 4. The molecule has 0 amide bonds. The molecule has 0 heterocycles. The minimum atomic E-state index is -4.73.